The monoisotopic (exact) mass is 261 g/mol. The van der Waals surface area contributed by atoms with E-state index in [9.17, 15) is 4.79 Å². The second kappa shape index (κ2) is 7.26. The van der Waals surface area contributed by atoms with E-state index in [1.807, 2.05) is 0 Å². The molecule has 0 aliphatic carbocycles. The number of nitrogens with zero attached hydrogens (tertiary/aromatic N) is 2. The lowest BCUT2D eigenvalue weighted by Gasteiger charge is -2.21. The number of amides is 1. The molecule has 4 heteroatoms. The van der Waals surface area contributed by atoms with Crippen LogP contribution in [0.5, 0.6) is 0 Å². The van der Waals surface area contributed by atoms with Crippen molar-refractivity contribution in [1.29, 1.82) is 0 Å². The van der Waals surface area contributed by atoms with Gasteiger partial charge in [0.2, 0.25) is 5.91 Å². The highest BCUT2D eigenvalue weighted by molar-refractivity contribution is 5.73. The molecule has 2 N–H and O–H groups in total. The first-order valence-corrected chi connectivity index (χ1v) is 7.01. The molecule has 2 rings (SSSR count). The fourth-order valence-electron chi connectivity index (χ4n) is 2.52. The topological polar surface area (TPSA) is 49.6 Å². The van der Waals surface area contributed by atoms with Crippen LogP contribution in [0.4, 0.5) is 0 Å². The summed E-state index contributed by atoms with van der Waals surface area (Å²) in [6.45, 7) is 6.10. The van der Waals surface area contributed by atoms with E-state index in [1.165, 1.54) is 5.56 Å². The molecule has 1 fully saturated rings. The molecular weight excluding hydrogens is 238 g/mol. The first-order chi connectivity index (χ1) is 9.24. The van der Waals surface area contributed by atoms with E-state index in [0.29, 0.717) is 6.42 Å². The molecule has 0 aromatic heterocycles. The van der Waals surface area contributed by atoms with Crippen LogP contribution in [0.2, 0.25) is 0 Å². The Bertz CT molecular complexity index is 394. The van der Waals surface area contributed by atoms with Gasteiger partial charge in [-0.3, -0.25) is 9.69 Å². The summed E-state index contributed by atoms with van der Waals surface area (Å²) >= 11 is 0. The van der Waals surface area contributed by atoms with Crippen molar-refractivity contribution in [3.05, 3.63) is 35.9 Å². The minimum absolute atomic E-state index is 0.203. The molecule has 0 spiro atoms. The van der Waals surface area contributed by atoms with Crippen LogP contribution in [0.3, 0.4) is 0 Å². The van der Waals surface area contributed by atoms with Gasteiger partial charge in [-0.2, -0.15) is 0 Å². The van der Waals surface area contributed by atoms with Crippen LogP contribution in [0.25, 0.3) is 0 Å². The average molecular weight is 261 g/mol. The molecule has 1 aliphatic heterocycles. The van der Waals surface area contributed by atoms with Gasteiger partial charge < -0.3 is 10.6 Å². The molecule has 0 atom stereocenters. The van der Waals surface area contributed by atoms with Gasteiger partial charge >= 0.3 is 0 Å². The number of rotatable bonds is 5. The van der Waals surface area contributed by atoms with E-state index >= 15 is 0 Å². The van der Waals surface area contributed by atoms with Crippen LogP contribution in [0.15, 0.2) is 30.3 Å². The zero-order valence-electron chi connectivity index (χ0n) is 11.4. The van der Waals surface area contributed by atoms with Gasteiger partial charge in [-0.1, -0.05) is 30.3 Å². The predicted molar refractivity (Wildman–Crippen MR) is 76.6 cm³/mol. The molecule has 1 aromatic carbocycles. The Labute approximate surface area is 115 Å². The molecule has 104 valence electrons. The maximum absolute atomic E-state index is 10.8. The largest absolute Gasteiger partial charge is 0.370 e. The van der Waals surface area contributed by atoms with E-state index in [4.69, 9.17) is 5.73 Å². The zero-order valence-corrected chi connectivity index (χ0v) is 11.4. The lowest BCUT2D eigenvalue weighted by molar-refractivity contribution is -0.118. The minimum Gasteiger partial charge on any atom is -0.370 e. The van der Waals surface area contributed by atoms with Crippen LogP contribution in [-0.4, -0.2) is 48.4 Å². The number of carbonyl (C=O) groups excluding carboxylic acids is 1. The normalized spacial score (nSPS) is 18.1. The van der Waals surface area contributed by atoms with Crippen LogP contribution in [-0.2, 0) is 11.3 Å². The number of benzene rings is 1. The molecule has 1 amide bonds. The van der Waals surface area contributed by atoms with Crippen LogP contribution < -0.4 is 5.73 Å². The summed E-state index contributed by atoms with van der Waals surface area (Å²) in [6.07, 6.45) is 1.63. The van der Waals surface area contributed by atoms with Crippen molar-refractivity contribution in [2.45, 2.75) is 19.4 Å². The summed E-state index contributed by atoms with van der Waals surface area (Å²) < 4.78 is 0. The maximum Gasteiger partial charge on any atom is 0.218 e. The SMILES string of the molecule is NC(=O)CCN1CCCN(Cc2ccccc2)CC1. The summed E-state index contributed by atoms with van der Waals surface area (Å²) in [4.78, 5) is 15.6. The Morgan fingerprint density at radius 2 is 1.74 bits per heavy atom. The van der Waals surface area contributed by atoms with Crippen molar-refractivity contribution in [3.8, 4) is 0 Å². The van der Waals surface area contributed by atoms with E-state index < -0.39 is 0 Å². The highest BCUT2D eigenvalue weighted by Gasteiger charge is 2.15. The van der Waals surface area contributed by atoms with Gasteiger partial charge in [-0.15, -0.1) is 0 Å². The van der Waals surface area contributed by atoms with Crippen molar-refractivity contribution in [2.24, 2.45) is 5.73 Å². The lowest BCUT2D eigenvalue weighted by atomic mass is 10.2. The first kappa shape index (κ1) is 14.0. The molecule has 4 nitrogen and oxygen atoms in total. The van der Waals surface area contributed by atoms with E-state index in [-0.39, 0.29) is 5.91 Å². The number of carbonyl (C=O) groups is 1. The Morgan fingerprint density at radius 1 is 1.05 bits per heavy atom. The number of hydrogen-bond acceptors (Lipinski definition) is 3. The summed E-state index contributed by atoms with van der Waals surface area (Å²) in [5.41, 5.74) is 6.57. The van der Waals surface area contributed by atoms with Gasteiger partial charge in [0.1, 0.15) is 0 Å². The molecule has 0 bridgehead atoms. The molecule has 0 saturated carbocycles. The molecule has 1 aliphatic rings. The molecular formula is C15H23N3O. The Balaban J connectivity index is 1.78. The van der Waals surface area contributed by atoms with E-state index in [1.54, 1.807) is 0 Å². The summed E-state index contributed by atoms with van der Waals surface area (Å²) in [5.74, 6) is -0.203. The summed E-state index contributed by atoms with van der Waals surface area (Å²) in [5, 5.41) is 0. The second-order valence-corrected chi connectivity index (χ2v) is 5.17. The Kier molecular flexibility index (Phi) is 5.36. The number of primary amides is 1. The average Bonchev–Trinajstić information content (AvgIpc) is 2.63. The Morgan fingerprint density at radius 3 is 2.47 bits per heavy atom. The minimum atomic E-state index is -0.203. The van der Waals surface area contributed by atoms with Gasteiger partial charge in [0.25, 0.3) is 0 Å². The second-order valence-electron chi connectivity index (χ2n) is 5.17. The third-order valence-electron chi connectivity index (χ3n) is 3.60. The van der Waals surface area contributed by atoms with Crippen LogP contribution >= 0.6 is 0 Å². The first-order valence-electron chi connectivity index (χ1n) is 7.01. The van der Waals surface area contributed by atoms with Gasteiger partial charge in [0.15, 0.2) is 0 Å². The summed E-state index contributed by atoms with van der Waals surface area (Å²) in [6, 6.07) is 10.6. The van der Waals surface area contributed by atoms with Gasteiger partial charge in [0.05, 0.1) is 0 Å². The molecule has 1 aromatic rings. The lowest BCUT2D eigenvalue weighted by Crippen LogP contribution is -2.32. The Hall–Kier alpha value is -1.39. The fourth-order valence-corrected chi connectivity index (χ4v) is 2.52. The molecule has 1 saturated heterocycles. The maximum atomic E-state index is 10.8. The van der Waals surface area contributed by atoms with Crippen molar-refractivity contribution in [3.63, 3.8) is 0 Å². The van der Waals surface area contributed by atoms with Crippen molar-refractivity contribution in [1.82, 2.24) is 9.80 Å². The van der Waals surface area contributed by atoms with Crippen LogP contribution in [0.1, 0.15) is 18.4 Å². The molecule has 1 heterocycles. The smallest absolute Gasteiger partial charge is 0.218 e. The highest BCUT2D eigenvalue weighted by atomic mass is 16.1. The molecule has 0 radical (unpaired) electrons. The van der Waals surface area contributed by atoms with E-state index in [0.717, 1.165) is 45.7 Å². The number of nitrogens with two attached hydrogens (primary N) is 1. The van der Waals surface area contributed by atoms with Crippen molar-refractivity contribution >= 4 is 5.91 Å². The van der Waals surface area contributed by atoms with Gasteiger partial charge in [0, 0.05) is 32.6 Å². The fraction of sp³-hybridized carbons (Fsp3) is 0.533. The molecule has 19 heavy (non-hydrogen) atoms. The standard InChI is InChI=1S/C15H23N3O/c16-15(19)7-10-17-8-4-9-18(12-11-17)13-14-5-2-1-3-6-14/h1-3,5-6H,4,7-13H2,(H2,16,19). The van der Waals surface area contributed by atoms with Crippen molar-refractivity contribution < 1.29 is 4.79 Å². The van der Waals surface area contributed by atoms with Gasteiger partial charge in [-0.05, 0) is 25.1 Å². The third kappa shape index (κ3) is 5.01. The predicted octanol–water partition coefficient (Wildman–Crippen LogP) is 1.07. The van der Waals surface area contributed by atoms with Crippen molar-refractivity contribution in [2.75, 3.05) is 32.7 Å². The zero-order chi connectivity index (χ0) is 13.5. The quantitative estimate of drug-likeness (QED) is 0.862. The van der Waals surface area contributed by atoms with Crippen LogP contribution in [0, 0.1) is 0 Å². The van der Waals surface area contributed by atoms with E-state index in [2.05, 4.69) is 40.1 Å². The third-order valence-corrected chi connectivity index (χ3v) is 3.60. The highest BCUT2D eigenvalue weighted by Crippen LogP contribution is 2.09. The number of hydrogen-bond donors (Lipinski definition) is 1. The van der Waals surface area contributed by atoms with Gasteiger partial charge in [-0.25, -0.2) is 0 Å². The molecule has 0 unspecified atom stereocenters. The summed E-state index contributed by atoms with van der Waals surface area (Å²) in [7, 11) is 0.